The summed E-state index contributed by atoms with van der Waals surface area (Å²) in [6, 6.07) is 0. The summed E-state index contributed by atoms with van der Waals surface area (Å²) in [6.45, 7) is 0. The van der Waals surface area contributed by atoms with Crippen LogP contribution in [0.1, 0.15) is 0 Å². The quantitative estimate of drug-likeness (QED) is 0.480. The van der Waals surface area contributed by atoms with Crippen LogP contribution in [0.5, 0.6) is 0 Å². The van der Waals surface area contributed by atoms with Gasteiger partial charge in [-0.1, -0.05) is 5.10 Å². The molecule has 1 heterocycles. The molecule has 0 amide bonds. The molecule has 0 bridgehead atoms. The highest BCUT2D eigenvalue weighted by molar-refractivity contribution is 5.42. The summed E-state index contributed by atoms with van der Waals surface area (Å²) in [6.07, 6.45) is 1.84. The van der Waals surface area contributed by atoms with Gasteiger partial charge in [0.05, 0.1) is 4.92 Å². The van der Waals surface area contributed by atoms with Crippen LogP contribution in [0.15, 0.2) is 0 Å². The van der Waals surface area contributed by atoms with Crippen LogP contribution in [0, 0.1) is 26.4 Å². The van der Waals surface area contributed by atoms with Crippen LogP contribution in [0.2, 0.25) is 0 Å². The van der Waals surface area contributed by atoms with Crippen molar-refractivity contribution in [3.8, 4) is 0 Å². The van der Waals surface area contributed by atoms with Crippen molar-refractivity contribution >= 4 is 11.5 Å². The molecule has 8 nitrogen and oxygen atoms in total. The number of aromatic amines is 1. The third kappa shape index (κ3) is 1.13. The molecule has 0 saturated carbocycles. The van der Waals surface area contributed by atoms with E-state index in [1.54, 1.807) is 0 Å². The Morgan fingerprint density at radius 3 is 2.36 bits per heavy atom. The van der Waals surface area contributed by atoms with Crippen LogP contribution < -0.4 is 0 Å². The van der Waals surface area contributed by atoms with Gasteiger partial charge in [0.25, 0.3) is 0 Å². The SMILES string of the molecule is O=[N+]([O-])c1[c]n[nH]c1[N+](=O)[O-]. The Bertz CT molecular complexity index is 276. The van der Waals surface area contributed by atoms with E-state index in [-0.39, 0.29) is 0 Å². The first-order chi connectivity index (χ1) is 5.13. The fraction of sp³-hybridized carbons (Fsp3) is 0. The second-order valence-corrected chi connectivity index (χ2v) is 1.55. The number of nitro groups is 2. The summed E-state index contributed by atoms with van der Waals surface area (Å²) >= 11 is 0. The lowest BCUT2D eigenvalue weighted by Crippen LogP contribution is -1.93. The van der Waals surface area contributed by atoms with Gasteiger partial charge >= 0.3 is 11.5 Å². The maximum atomic E-state index is 10.00. The largest absolute Gasteiger partial charge is 0.422 e. The van der Waals surface area contributed by atoms with Gasteiger partial charge in [-0.2, -0.15) is 0 Å². The molecular formula is C3HN4O4. The van der Waals surface area contributed by atoms with Crippen molar-refractivity contribution in [2.24, 2.45) is 0 Å². The van der Waals surface area contributed by atoms with Gasteiger partial charge in [-0.3, -0.25) is 10.1 Å². The third-order valence-corrected chi connectivity index (χ3v) is 0.913. The lowest BCUT2D eigenvalue weighted by Gasteiger charge is -1.86. The standard InChI is InChI=1S/C3HN4O4/c8-6(9)2-1-4-5-3(2)7(10)11/h(H,4,5). The molecular weight excluding hydrogens is 156 g/mol. The molecule has 1 aromatic rings. The molecule has 1 aromatic heterocycles. The predicted molar refractivity (Wildman–Crippen MR) is 30.7 cm³/mol. The average molecular weight is 157 g/mol. The van der Waals surface area contributed by atoms with Crippen molar-refractivity contribution in [2.75, 3.05) is 0 Å². The second kappa shape index (κ2) is 2.33. The van der Waals surface area contributed by atoms with Crippen LogP contribution in [-0.2, 0) is 0 Å². The number of aromatic nitrogens is 2. The van der Waals surface area contributed by atoms with E-state index in [2.05, 4.69) is 5.10 Å². The smallest absolute Gasteiger partial charge is 0.358 e. The number of hydrogen-bond acceptors (Lipinski definition) is 5. The van der Waals surface area contributed by atoms with Gasteiger partial charge < -0.3 is 10.1 Å². The van der Waals surface area contributed by atoms with Gasteiger partial charge in [0, 0.05) is 0 Å². The van der Waals surface area contributed by atoms with E-state index in [1.807, 2.05) is 11.3 Å². The van der Waals surface area contributed by atoms with Crippen LogP contribution in [0.4, 0.5) is 11.5 Å². The topological polar surface area (TPSA) is 115 Å². The van der Waals surface area contributed by atoms with Gasteiger partial charge in [-0.05, 0) is 4.92 Å². The number of hydrogen-bond donors (Lipinski definition) is 1. The molecule has 11 heavy (non-hydrogen) atoms. The molecule has 0 atom stereocenters. The molecule has 1 radical (unpaired) electrons. The Morgan fingerprint density at radius 2 is 2.00 bits per heavy atom. The first kappa shape index (κ1) is 7.12. The minimum atomic E-state index is -0.929. The maximum Gasteiger partial charge on any atom is 0.422 e. The van der Waals surface area contributed by atoms with Crippen molar-refractivity contribution in [1.29, 1.82) is 0 Å². The van der Waals surface area contributed by atoms with E-state index < -0.39 is 21.4 Å². The Balaban J connectivity index is 3.16. The van der Waals surface area contributed by atoms with Crippen molar-refractivity contribution in [3.05, 3.63) is 26.4 Å². The van der Waals surface area contributed by atoms with E-state index in [1.165, 1.54) is 0 Å². The van der Waals surface area contributed by atoms with E-state index >= 15 is 0 Å². The molecule has 0 fully saturated rings. The zero-order valence-electron chi connectivity index (χ0n) is 4.97. The highest BCUT2D eigenvalue weighted by Crippen LogP contribution is 2.20. The first-order valence-electron chi connectivity index (χ1n) is 2.37. The van der Waals surface area contributed by atoms with E-state index in [0.29, 0.717) is 0 Å². The molecule has 0 spiro atoms. The predicted octanol–water partition coefficient (Wildman–Crippen LogP) is 0.0263. The fourth-order valence-corrected chi connectivity index (χ4v) is 0.494. The van der Waals surface area contributed by atoms with Crippen LogP contribution in [-0.4, -0.2) is 20.0 Å². The van der Waals surface area contributed by atoms with Crippen molar-refractivity contribution in [2.45, 2.75) is 0 Å². The molecule has 1 N–H and O–H groups in total. The fourth-order valence-electron chi connectivity index (χ4n) is 0.494. The minimum absolute atomic E-state index is 0.755. The number of nitrogens with zero attached hydrogens (tertiary/aromatic N) is 3. The maximum absolute atomic E-state index is 10.00. The summed E-state index contributed by atoms with van der Waals surface area (Å²) in [7, 11) is 0. The van der Waals surface area contributed by atoms with Gasteiger partial charge in [0.2, 0.25) is 6.20 Å². The van der Waals surface area contributed by atoms with Crippen LogP contribution >= 0.6 is 0 Å². The van der Waals surface area contributed by atoms with E-state index in [0.717, 1.165) is 0 Å². The van der Waals surface area contributed by atoms with Crippen molar-refractivity contribution < 1.29 is 9.85 Å². The van der Waals surface area contributed by atoms with E-state index in [9.17, 15) is 20.2 Å². The Hall–Kier alpha value is -1.99. The normalized spacial score (nSPS) is 9.45. The van der Waals surface area contributed by atoms with Gasteiger partial charge in [-0.15, -0.1) is 5.10 Å². The summed E-state index contributed by atoms with van der Waals surface area (Å²) in [4.78, 5) is 18.1. The van der Waals surface area contributed by atoms with Gasteiger partial charge in [0.1, 0.15) is 0 Å². The molecule has 8 heteroatoms. The monoisotopic (exact) mass is 157 g/mol. The van der Waals surface area contributed by atoms with Crippen LogP contribution in [0.25, 0.3) is 0 Å². The molecule has 0 aromatic carbocycles. The molecule has 0 saturated heterocycles. The first-order valence-corrected chi connectivity index (χ1v) is 2.37. The lowest BCUT2D eigenvalue weighted by molar-refractivity contribution is -0.424. The van der Waals surface area contributed by atoms with Gasteiger partial charge in [0.15, 0.2) is 0 Å². The molecule has 0 aliphatic carbocycles. The third-order valence-electron chi connectivity index (χ3n) is 0.913. The lowest BCUT2D eigenvalue weighted by atomic mass is 10.5. The van der Waals surface area contributed by atoms with Crippen molar-refractivity contribution in [1.82, 2.24) is 10.2 Å². The Kier molecular flexibility index (Phi) is 1.51. The zero-order valence-corrected chi connectivity index (χ0v) is 4.97. The number of rotatable bonds is 2. The Labute approximate surface area is 59.1 Å². The highest BCUT2D eigenvalue weighted by Gasteiger charge is 2.26. The second-order valence-electron chi connectivity index (χ2n) is 1.55. The van der Waals surface area contributed by atoms with Gasteiger partial charge in [-0.25, -0.2) is 0 Å². The molecule has 0 unspecified atom stereocenters. The molecule has 57 valence electrons. The zero-order chi connectivity index (χ0) is 8.43. The average Bonchev–Trinajstić information content (AvgIpc) is 2.32. The van der Waals surface area contributed by atoms with Crippen molar-refractivity contribution in [3.63, 3.8) is 0 Å². The minimum Gasteiger partial charge on any atom is -0.358 e. The van der Waals surface area contributed by atoms with E-state index in [4.69, 9.17) is 0 Å². The highest BCUT2D eigenvalue weighted by atomic mass is 16.6. The molecule has 0 aliphatic heterocycles. The molecule has 0 aliphatic rings. The summed E-state index contributed by atoms with van der Waals surface area (Å²) in [5, 5.41) is 24.9. The van der Waals surface area contributed by atoms with Crippen LogP contribution in [0.3, 0.4) is 0 Å². The summed E-state index contributed by atoms with van der Waals surface area (Å²) < 4.78 is 0. The number of H-pyrrole nitrogens is 1. The number of nitrogens with one attached hydrogen (secondary N) is 1. The summed E-state index contributed by atoms with van der Waals surface area (Å²) in [5.74, 6) is -0.755. The Morgan fingerprint density at radius 1 is 1.36 bits per heavy atom. The summed E-state index contributed by atoms with van der Waals surface area (Å²) in [5.41, 5.74) is -0.755. The molecule has 1 rings (SSSR count).